The van der Waals surface area contributed by atoms with E-state index in [2.05, 4.69) is 20.7 Å². The fourth-order valence-corrected chi connectivity index (χ4v) is 1.73. The summed E-state index contributed by atoms with van der Waals surface area (Å²) in [7, 11) is 0.987. The maximum Gasteiger partial charge on any atom is 0.417 e. The molecule has 1 aromatic carbocycles. The van der Waals surface area contributed by atoms with E-state index in [1.807, 2.05) is 0 Å². The first-order valence-corrected chi connectivity index (χ1v) is 4.88. The number of ether oxygens (including phenoxy) is 1. The lowest BCUT2D eigenvalue weighted by Gasteiger charge is -2.15. The SMILES string of the molecule is COc1cc(C(F)(F)F)cc(C(F)(F)F)c1Br. The summed E-state index contributed by atoms with van der Waals surface area (Å²) < 4.78 is 78.5. The van der Waals surface area contributed by atoms with E-state index in [-0.39, 0.29) is 6.07 Å². The van der Waals surface area contributed by atoms with E-state index in [4.69, 9.17) is 0 Å². The molecule has 0 aromatic heterocycles. The van der Waals surface area contributed by atoms with Gasteiger partial charge in [-0.1, -0.05) is 0 Å². The van der Waals surface area contributed by atoms with Crippen LogP contribution in [0.4, 0.5) is 26.3 Å². The van der Waals surface area contributed by atoms with Gasteiger partial charge in [0, 0.05) is 0 Å². The largest absolute Gasteiger partial charge is 0.496 e. The van der Waals surface area contributed by atoms with Gasteiger partial charge in [-0.2, -0.15) is 26.3 Å². The van der Waals surface area contributed by atoms with Crippen LogP contribution in [-0.2, 0) is 12.4 Å². The number of hydrogen-bond donors (Lipinski definition) is 0. The third kappa shape index (κ3) is 3.05. The molecule has 1 rings (SSSR count). The van der Waals surface area contributed by atoms with Crippen LogP contribution in [0.5, 0.6) is 5.75 Å². The van der Waals surface area contributed by atoms with Crippen LogP contribution in [0.15, 0.2) is 16.6 Å². The molecule has 96 valence electrons. The molecule has 1 nitrogen and oxygen atoms in total. The molecule has 1 aromatic rings. The molecular formula is C9H5BrF6O. The Balaban J connectivity index is 3.50. The zero-order valence-corrected chi connectivity index (χ0v) is 9.79. The zero-order valence-electron chi connectivity index (χ0n) is 8.21. The van der Waals surface area contributed by atoms with E-state index < -0.39 is 33.7 Å². The molecule has 0 radical (unpaired) electrons. The normalized spacial score (nSPS) is 12.7. The van der Waals surface area contributed by atoms with Crippen LogP contribution in [0.3, 0.4) is 0 Å². The predicted molar refractivity (Wildman–Crippen MR) is 50.7 cm³/mol. The van der Waals surface area contributed by atoms with Gasteiger partial charge in [0.25, 0.3) is 0 Å². The van der Waals surface area contributed by atoms with Crippen molar-refractivity contribution in [3.05, 3.63) is 27.7 Å². The van der Waals surface area contributed by atoms with Gasteiger partial charge in [-0.25, -0.2) is 0 Å². The zero-order chi connectivity index (χ0) is 13.4. The van der Waals surface area contributed by atoms with E-state index in [9.17, 15) is 26.3 Å². The summed E-state index contributed by atoms with van der Waals surface area (Å²) in [5.41, 5.74) is -2.84. The van der Waals surface area contributed by atoms with Gasteiger partial charge >= 0.3 is 12.4 Å². The van der Waals surface area contributed by atoms with Crippen molar-refractivity contribution in [2.24, 2.45) is 0 Å². The maximum absolute atomic E-state index is 12.5. The highest BCUT2D eigenvalue weighted by Crippen LogP contribution is 2.43. The molecule has 8 heteroatoms. The van der Waals surface area contributed by atoms with Crippen molar-refractivity contribution < 1.29 is 31.1 Å². The molecule has 0 spiro atoms. The highest BCUT2D eigenvalue weighted by atomic mass is 79.9. The Labute approximate surface area is 101 Å². The number of benzene rings is 1. The first-order chi connectivity index (χ1) is 7.57. The van der Waals surface area contributed by atoms with Crippen LogP contribution in [0, 0.1) is 0 Å². The van der Waals surface area contributed by atoms with E-state index in [0.29, 0.717) is 6.07 Å². The summed E-state index contributed by atoms with van der Waals surface area (Å²) in [4.78, 5) is 0. The summed E-state index contributed by atoms with van der Waals surface area (Å²) in [6.07, 6.45) is -9.76. The van der Waals surface area contributed by atoms with Crippen molar-refractivity contribution in [2.75, 3.05) is 7.11 Å². The molecule has 0 heterocycles. The van der Waals surface area contributed by atoms with Crippen molar-refractivity contribution in [2.45, 2.75) is 12.4 Å². The summed E-state index contributed by atoms with van der Waals surface area (Å²) in [5.74, 6) is -0.521. The van der Waals surface area contributed by atoms with Crippen LogP contribution in [0.1, 0.15) is 11.1 Å². The van der Waals surface area contributed by atoms with Gasteiger partial charge in [0.15, 0.2) is 0 Å². The first kappa shape index (κ1) is 14.1. The van der Waals surface area contributed by atoms with Gasteiger partial charge in [0.2, 0.25) is 0 Å². The number of halogens is 7. The van der Waals surface area contributed by atoms with Crippen molar-refractivity contribution in [3.8, 4) is 5.75 Å². The monoisotopic (exact) mass is 322 g/mol. The number of hydrogen-bond acceptors (Lipinski definition) is 1. The Morgan fingerprint density at radius 3 is 1.88 bits per heavy atom. The predicted octanol–water partition coefficient (Wildman–Crippen LogP) is 4.50. The molecule has 0 saturated carbocycles. The minimum Gasteiger partial charge on any atom is -0.496 e. The van der Waals surface area contributed by atoms with Crippen molar-refractivity contribution >= 4 is 15.9 Å². The van der Waals surface area contributed by atoms with Crippen molar-refractivity contribution in [1.29, 1.82) is 0 Å². The standard InChI is InChI=1S/C9H5BrF6O/c1-17-6-3-4(8(11,12)13)2-5(7(6)10)9(14,15)16/h2-3H,1H3. The Morgan fingerprint density at radius 1 is 1.00 bits per heavy atom. The fraction of sp³-hybridized carbons (Fsp3) is 0.333. The van der Waals surface area contributed by atoms with Crippen LogP contribution in [0.2, 0.25) is 0 Å². The third-order valence-electron chi connectivity index (χ3n) is 1.89. The number of alkyl halides is 6. The lowest BCUT2D eigenvalue weighted by molar-refractivity contribution is -0.143. The summed E-state index contributed by atoms with van der Waals surface area (Å²) in [5, 5.41) is 0. The molecule has 0 unspecified atom stereocenters. The second kappa shape index (κ2) is 4.40. The smallest absolute Gasteiger partial charge is 0.417 e. The molecule has 0 N–H and O–H groups in total. The summed E-state index contributed by atoms with van der Waals surface area (Å²) in [6, 6.07) is 0.534. The summed E-state index contributed by atoms with van der Waals surface area (Å²) >= 11 is 2.57. The average molecular weight is 323 g/mol. The Bertz CT molecular complexity index is 423. The Morgan fingerprint density at radius 2 is 1.53 bits per heavy atom. The van der Waals surface area contributed by atoms with Crippen molar-refractivity contribution in [1.82, 2.24) is 0 Å². The molecule has 0 aliphatic carbocycles. The van der Waals surface area contributed by atoms with E-state index in [1.54, 1.807) is 0 Å². The van der Waals surface area contributed by atoms with E-state index in [1.165, 1.54) is 0 Å². The minimum absolute atomic E-state index is 0.0343. The minimum atomic E-state index is -4.90. The Hall–Kier alpha value is -0.920. The third-order valence-corrected chi connectivity index (χ3v) is 2.71. The maximum atomic E-state index is 12.5. The van der Waals surface area contributed by atoms with Crippen molar-refractivity contribution in [3.63, 3.8) is 0 Å². The summed E-state index contributed by atoms with van der Waals surface area (Å²) in [6.45, 7) is 0. The number of methoxy groups -OCH3 is 1. The van der Waals surface area contributed by atoms with Crippen LogP contribution >= 0.6 is 15.9 Å². The molecule has 0 aliphatic heterocycles. The fourth-order valence-electron chi connectivity index (χ4n) is 1.12. The van der Waals surface area contributed by atoms with Gasteiger partial charge in [0.05, 0.1) is 22.7 Å². The molecule has 0 amide bonds. The molecule has 0 saturated heterocycles. The van der Waals surface area contributed by atoms with Gasteiger partial charge in [-0.15, -0.1) is 0 Å². The molecular weight excluding hydrogens is 318 g/mol. The van der Waals surface area contributed by atoms with E-state index >= 15 is 0 Å². The van der Waals surface area contributed by atoms with Crippen LogP contribution in [0.25, 0.3) is 0 Å². The molecule has 0 aliphatic rings. The topological polar surface area (TPSA) is 9.23 Å². The van der Waals surface area contributed by atoms with Gasteiger partial charge < -0.3 is 4.74 Å². The molecule has 17 heavy (non-hydrogen) atoms. The molecule has 0 atom stereocenters. The van der Waals surface area contributed by atoms with Crippen LogP contribution < -0.4 is 4.74 Å². The van der Waals surface area contributed by atoms with Gasteiger partial charge in [-0.05, 0) is 28.1 Å². The highest BCUT2D eigenvalue weighted by molar-refractivity contribution is 9.10. The Kier molecular flexibility index (Phi) is 3.66. The van der Waals surface area contributed by atoms with E-state index in [0.717, 1.165) is 7.11 Å². The first-order valence-electron chi connectivity index (χ1n) is 4.09. The second-order valence-electron chi connectivity index (χ2n) is 3.04. The average Bonchev–Trinajstić information content (AvgIpc) is 2.14. The van der Waals surface area contributed by atoms with Gasteiger partial charge in [0.1, 0.15) is 5.75 Å². The lowest BCUT2D eigenvalue weighted by Crippen LogP contribution is -2.12. The molecule has 0 fully saturated rings. The van der Waals surface area contributed by atoms with Crippen LogP contribution in [-0.4, -0.2) is 7.11 Å². The quantitative estimate of drug-likeness (QED) is 0.692. The second-order valence-corrected chi connectivity index (χ2v) is 3.83. The lowest BCUT2D eigenvalue weighted by atomic mass is 10.1. The highest BCUT2D eigenvalue weighted by Gasteiger charge is 2.39. The number of rotatable bonds is 1. The molecule has 0 bridgehead atoms. The van der Waals surface area contributed by atoms with Gasteiger partial charge in [-0.3, -0.25) is 0 Å².